The molecule has 0 unspecified atom stereocenters. The fourth-order valence-electron chi connectivity index (χ4n) is 2.05. The van der Waals surface area contributed by atoms with E-state index in [0.29, 0.717) is 17.9 Å². The van der Waals surface area contributed by atoms with Gasteiger partial charge in [-0.15, -0.1) is 0 Å². The van der Waals surface area contributed by atoms with Crippen LogP contribution in [0.25, 0.3) is 0 Å². The molecule has 2 N–H and O–H groups in total. The molecule has 2 aromatic rings. The molecule has 1 heterocycles. The van der Waals surface area contributed by atoms with Crippen molar-refractivity contribution in [3.63, 3.8) is 0 Å². The van der Waals surface area contributed by atoms with Crippen LogP contribution in [0.1, 0.15) is 16.7 Å². The van der Waals surface area contributed by atoms with Crippen LogP contribution in [0.2, 0.25) is 0 Å². The van der Waals surface area contributed by atoms with Gasteiger partial charge >= 0.3 is 0 Å². The van der Waals surface area contributed by atoms with Gasteiger partial charge in [-0.2, -0.15) is 5.26 Å². The smallest absolute Gasteiger partial charge is 0.215 e. The predicted octanol–water partition coefficient (Wildman–Crippen LogP) is 1.79. The van der Waals surface area contributed by atoms with Crippen LogP contribution in [0.15, 0.2) is 42.6 Å². The van der Waals surface area contributed by atoms with Crippen LogP contribution in [0.5, 0.6) is 0 Å². The maximum atomic E-state index is 12.1. The maximum absolute atomic E-state index is 12.1. The predicted molar refractivity (Wildman–Crippen MR) is 89.2 cm³/mol. The molecule has 0 spiro atoms. The molecule has 1 aromatic heterocycles. The molecule has 0 aliphatic heterocycles. The molecule has 0 amide bonds. The number of nitriles is 1. The van der Waals surface area contributed by atoms with Crippen LogP contribution in [0, 0.1) is 18.3 Å². The molecular formula is C16H18N4O2S. The van der Waals surface area contributed by atoms with Crippen molar-refractivity contribution in [3.8, 4) is 6.07 Å². The molecule has 120 valence electrons. The number of aryl methyl sites for hydroxylation is 1. The lowest BCUT2D eigenvalue weighted by Crippen LogP contribution is -2.30. The second-order valence-corrected chi connectivity index (χ2v) is 6.82. The number of aromatic nitrogens is 1. The summed E-state index contributed by atoms with van der Waals surface area (Å²) in [6.45, 7) is 2.45. The largest absolute Gasteiger partial charge is 0.368 e. The summed E-state index contributed by atoms with van der Waals surface area (Å²) < 4.78 is 26.7. The van der Waals surface area contributed by atoms with Crippen molar-refractivity contribution in [2.45, 2.75) is 12.7 Å². The molecule has 0 aliphatic carbocycles. The van der Waals surface area contributed by atoms with Crippen molar-refractivity contribution < 1.29 is 8.42 Å². The van der Waals surface area contributed by atoms with Crippen molar-refractivity contribution in [2.75, 3.05) is 18.4 Å². The van der Waals surface area contributed by atoms with Crippen molar-refractivity contribution in [1.82, 2.24) is 9.71 Å². The van der Waals surface area contributed by atoms with Gasteiger partial charge in [-0.3, -0.25) is 0 Å². The van der Waals surface area contributed by atoms with Gasteiger partial charge in [-0.1, -0.05) is 24.3 Å². The van der Waals surface area contributed by atoms with Gasteiger partial charge in [-0.05, 0) is 30.2 Å². The topological polar surface area (TPSA) is 94.9 Å². The van der Waals surface area contributed by atoms with Crippen molar-refractivity contribution in [3.05, 3.63) is 59.3 Å². The molecule has 2 rings (SSSR count). The van der Waals surface area contributed by atoms with E-state index < -0.39 is 10.0 Å². The molecule has 0 aliphatic rings. The highest BCUT2D eigenvalue weighted by Gasteiger charge is 2.12. The molecule has 0 saturated heterocycles. The summed E-state index contributed by atoms with van der Waals surface area (Å²) in [5.41, 5.74) is 2.16. The average Bonchev–Trinajstić information content (AvgIpc) is 2.54. The molecule has 0 bridgehead atoms. The molecular weight excluding hydrogens is 312 g/mol. The number of nitrogens with one attached hydrogen (secondary N) is 2. The van der Waals surface area contributed by atoms with Crippen molar-refractivity contribution in [1.29, 1.82) is 5.26 Å². The number of hydrogen-bond donors (Lipinski definition) is 2. The maximum Gasteiger partial charge on any atom is 0.215 e. The van der Waals surface area contributed by atoms with Crippen molar-refractivity contribution >= 4 is 15.8 Å². The Kier molecular flexibility index (Phi) is 5.68. The van der Waals surface area contributed by atoms with E-state index in [1.807, 2.05) is 31.2 Å². The molecule has 6 nitrogen and oxygen atoms in total. The monoisotopic (exact) mass is 330 g/mol. The van der Waals surface area contributed by atoms with E-state index in [-0.39, 0.29) is 12.3 Å². The van der Waals surface area contributed by atoms with Gasteiger partial charge in [0.2, 0.25) is 10.0 Å². The van der Waals surface area contributed by atoms with Gasteiger partial charge in [0.25, 0.3) is 0 Å². The molecule has 0 radical (unpaired) electrons. The molecule has 1 aromatic carbocycles. The number of nitrogens with zero attached hydrogens (tertiary/aromatic N) is 2. The summed E-state index contributed by atoms with van der Waals surface area (Å²) >= 11 is 0. The number of hydrogen-bond acceptors (Lipinski definition) is 5. The third-order valence-electron chi connectivity index (χ3n) is 3.27. The first kappa shape index (κ1) is 16.9. The van der Waals surface area contributed by atoms with Crippen LogP contribution in [-0.2, 0) is 15.8 Å². The minimum absolute atomic E-state index is 0.0489. The first-order valence-electron chi connectivity index (χ1n) is 7.12. The van der Waals surface area contributed by atoms with Crippen LogP contribution < -0.4 is 10.0 Å². The Morgan fingerprint density at radius 2 is 1.96 bits per heavy atom. The molecule has 7 heteroatoms. The quantitative estimate of drug-likeness (QED) is 0.755. The van der Waals surface area contributed by atoms with Gasteiger partial charge in [0.1, 0.15) is 11.9 Å². The molecule has 0 fully saturated rings. The van der Waals surface area contributed by atoms with Gasteiger partial charge < -0.3 is 5.32 Å². The van der Waals surface area contributed by atoms with Crippen LogP contribution in [0.4, 0.5) is 5.82 Å². The van der Waals surface area contributed by atoms with Crippen LogP contribution in [-0.4, -0.2) is 26.5 Å². The first-order valence-corrected chi connectivity index (χ1v) is 8.78. The summed E-state index contributed by atoms with van der Waals surface area (Å²) in [4.78, 5) is 4.05. The fourth-order valence-corrected chi connectivity index (χ4v) is 3.30. The Morgan fingerprint density at radius 3 is 2.70 bits per heavy atom. The summed E-state index contributed by atoms with van der Waals surface area (Å²) in [7, 11) is -3.40. The number of pyridine rings is 1. The van der Waals surface area contributed by atoms with E-state index in [0.717, 1.165) is 11.1 Å². The van der Waals surface area contributed by atoms with Crippen LogP contribution >= 0.6 is 0 Å². The second kappa shape index (κ2) is 7.72. The number of anilines is 1. The van der Waals surface area contributed by atoms with E-state index in [4.69, 9.17) is 5.26 Å². The molecule has 0 saturated carbocycles. The lowest BCUT2D eigenvalue weighted by atomic mass is 10.1. The third kappa shape index (κ3) is 5.06. The zero-order chi connectivity index (χ0) is 16.7. The Balaban J connectivity index is 1.86. The summed E-state index contributed by atoms with van der Waals surface area (Å²) in [6.07, 6.45) is 1.57. The zero-order valence-electron chi connectivity index (χ0n) is 12.8. The Labute approximate surface area is 136 Å². The lowest BCUT2D eigenvalue weighted by molar-refractivity contribution is 0.582. The second-order valence-electron chi connectivity index (χ2n) is 5.02. The first-order chi connectivity index (χ1) is 11.0. The van der Waals surface area contributed by atoms with Gasteiger partial charge in [0.15, 0.2) is 0 Å². The fraction of sp³-hybridized carbons (Fsp3) is 0.250. The highest BCUT2D eigenvalue weighted by molar-refractivity contribution is 7.88. The standard InChI is InChI=1S/C16H18N4O2S/c1-13-5-2-3-6-15(13)12-23(21,22)20-10-9-19-16-14(11-17)7-4-8-18-16/h2-8,20H,9-10,12H2,1H3,(H,18,19). The van der Waals surface area contributed by atoms with Gasteiger partial charge in [0.05, 0.1) is 11.3 Å². The lowest BCUT2D eigenvalue weighted by Gasteiger charge is -2.10. The number of rotatable bonds is 7. The summed E-state index contributed by atoms with van der Waals surface area (Å²) in [5.74, 6) is 0.403. The Morgan fingerprint density at radius 1 is 1.17 bits per heavy atom. The minimum atomic E-state index is -3.40. The number of sulfonamides is 1. The number of benzene rings is 1. The highest BCUT2D eigenvalue weighted by Crippen LogP contribution is 2.11. The zero-order valence-corrected chi connectivity index (χ0v) is 13.6. The summed E-state index contributed by atoms with van der Waals surface area (Å²) in [5, 5.41) is 11.9. The van der Waals surface area contributed by atoms with Crippen molar-refractivity contribution in [2.24, 2.45) is 0 Å². The third-order valence-corrected chi connectivity index (χ3v) is 4.61. The minimum Gasteiger partial charge on any atom is -0.368 e. The highest BCUT2D eigenvalue weighted by atomic mass is 32.2. The van der Waals surface area contributed by atoms with E-state index in [1.54, 1.807) is 24.4 Å². The Bertz CT molecular complexity index is 813. The van der Waals surface area contributed by atoms with E-state index in [1.165, 1.54) is 0 Å². The van der Waals surface area contributed by atoms with Crippen LogP contribution in [0.3, 0.4) is 0 Å². The molecule has 23 heavy (non-hydrogen) atoms. The van der Waals surface area contributed by atoms with Gasteiger partial charge in [-0.25, -0.2) is 18.1 Å². The van der Waals surface area contributed by atoms with E-state index in [2.05, 4.69) is 15.0 Å². The molecule has 0 atom stereocenters. The van der Waals surface area contributed by atoms with E-state index in [9.17, 15) is 8.42 Å². The average molecular weight is 330 g/mol. The normalized spacial score (nSPS) is 11.0. The van der Waals surface area contributed by atoms with Gasteiger partial charge in [0, 0.05) is 19.3 Å². The SMILES string of the molecule is Cc1ccccc1CS(=O)(=O)NCCNc1ncccc1C#N. The van der Waals surface area contributed by atoms with E-state index >= 15 is 0 Å². The Hall–Kier alpha value is -2.43. The summed E-state index contributed by atoms with van der Waals surface area (Å²) in [6, 6.07) is 12.7.